The molecule has 0 aliphatic heterocycles. The molecule has 0 radical (unpaired) electrons. The number of hydrogen-bond acceptors (Lipinski definition) is 3. The Morgan fingerprint density at radius 3 is 1.83 bits per heavy atom. The fraction of sp³-hybridized carbons (Fsp3) is 0.0667. The highest BCUT2D eigenvalue weighted by Gasteiger charge is 2.22. The van der Waals surface area contributed by atoms with Gasteiger partial charge in [-0.05, 0) is 83.4 Å². The summed E-state index contributed by atoms with van der Waals surface area (Å²) in [4.78, 5) is 0. The van der Waals surface area contributed by atoms with Gasteiger partial charge in [0.15, 0.2) is 0 Å². The molecule has 3 heteroatoms. The van der Waals surface area contributed by atoms with Gasteiger partial charge in [-0.15, -0.1) is 0 Å². The van der Waals surface area contributed by atoms with Crippen LogP contribution in [-0.2, 0) is 6.54 Å². The molecule has 0 aliphatic carbocycles. The van der Waals surface area contributed by atoms with Crippen LogP contribution in [0.3, 0.4) is 0 Å². The molecule has 0 saturated heterocycles. The third kappa shape index (κ3) is 5.87. The molecule has 8 aromatic rings. The van der Waals surface area contributed by atoms with Crippen LogP contribution in [0, 0.1) is 0 Å². The maximum Gasteiger partial charge on any atom is 0.0864 e. The average molecular weight is 620 g/mol. The van der Waals surface area contributed by atoms with Crippen molar-refractivity contribution in [3.63, 3.8) is 0 Å². The molecular weight excluding hydrogens is 583 g/mol. The molecule has 0 amide bonds. The van der Waals surface area contributed by atoms with Crippen LogP contribution in [0.1, 0.15) is 29.0 Å². The van der Waals surface area contributed by atoms with Crippen LogP contribution in [0.15, 0.2) is 176 Å². The summed E-state index contributed by atoms with van der Waals surface area (Å²) in [7, 11) is 0. The molecule has 2 atom stereocenters. The van der Waals surface area contributed by atoms with Gasteiger partial charge >= 0.3 is 0 Å². The molecule has 8 aromatic carbocycles. The van der Waals surface area contributed by atoms with E-state index in [1.54, 1.807) is 0 Å². The summed E-state index contributed by atoms with van der Waals surface area (Å²) in [6, 6.07) is 62.5. The number of hydrogen-bond donors (Lipinski definition) is 3. The minimum atomic E-state index is -0.387. The van der Waals surface area contributed by atoms with E-state index in [0.717, 1.165) is 5.56 Å². The molecular formula is C45H37N3. The summed E-state index contributed by atoms with van der Waals surface area (Å²) >= 11 is 0. The van der Waals surface area contributed by atoms with Gasteiger partial charge in [0, 0.05) is 6.54 Å². The Hall–Kier alpha value is -5.58. The van der Waals surface area contributed by atoms with E-state index in [0.29, 0.717) is 6.54 Å². The molecule has 48 heavy (non-hydrogen) atoms. The van der Waals surface area contributed by atoms with Gasteiger partial charge in [0.05, 0.1) is 12.3 Å². The minimum absolute atomic E-state index is 0.267. The topological polar surface area (TPSA) is 50.1 Å². The van der Waals surface area contributed by atoms with Crippen molar-refractivity contribution in [1.29, 1.82) is 0 Å². The van der Waals surface area contributed by atoms with Crippen LogP contribution in [0.2, 0.25) is 0 Å². The number of fused-ring (bicyclic) bond motifs is 4. The van der Waals surface area contributed by atoms with Crippen molar-refractivity contribution in [2.75, 3.05) is 0 Å². The van der Waals surface area contributed by atoms with Gasteiger partial charge in [-0.3, -0.25) is 10.6 Å². The summed E-state index contributed by atoms with van der Waals surface area (Å²) in [5.41, 5.74) is 15.2. The lowest BCUT2D eigenvalue weighted by Gasteiger charge is -2.28. The first-order valence-corrected chi connectivity index (χ1v) is 16.6. The van der Waals surface area contributed by atoms with Crippen LogP contribution < -0.4 is 16.4 Å². The molecule has 0 aliphatic rings. The lowest BCUT2D eigenvalue weighted by Crippen LogP contribution is -2.40. The van der Waals surface area contributed by atoms with Gasteiger partial charge in [0.25, 0.3) is 0 Å². The van der Waals surface area contributed by atoms with E-state index in [1.165, 1.54) is 65.7 Å². The number of nitrogens with two attached hydrogens (primary N) is 1. The van der Waals surface area contributed by atoms with Crippen molar-refractivity contribution in [2.45, 2.75) is 18.9 Å². The third-order valence-corrected chi connectivity index (χ3v) is 9.38. The van der Waals surface area contributed by atoms with Gasteiger partial charge in [-0.1, -0.05) is 164 Å². The van der Waals surface area contributed by atoms with Crippen molar-refractivity contribution in [3.8, 4) is 22.3 Å². The minimum Gasteiger partial charge on any atom is -0.312 e. The number of benzene rings is 8. The van der Waals surface area contributed by atoms with Gasteiger partial charge in [0.2, 0.25) is 0 Å². The molecule has 8 rings (SSSR count). The molecule has 232 valence electrons. The lowest BCUT2D eigenvalue weighted by atomic mass is 9.90. The first-order valence-electron chi connectivity index (χ1n) is 16.6. The molecule has 0 saturated carbocycles. The van der Waals surface area contributed by atoms with E-state index in [9.17, 15) is 0 Å². The average Bonchev–Trinajstić information content (AvgIpc) is 3.16. The second-order valence-electron chi connectivity index (χ2n) is 12.4. The van der Waals surface area contributed by atoms with Crippen LogP contribution in [-0.4, -0.2) is 0 Å². The van der Waals surface area contributed by atoms with Gasteiger partial charge in [-0.25, -0.2) is 0 Å². The largest absolute Gasteiger partial charge is 0.312 e. The Labute approximate surface area is 281 Å². The zero-order chi connectivity index (χ0) is 32.3. The van der Waals surface area contributed by atoms with E-state index in [-0.39, 0.29) is 12.3 Å². The zero-order valence-corrected chi connectivity index (χ0v) is 26.7. The van der Waals surface area contributed by atoms with Crippen molar-refractivity contribution in [2.24, 2.45) is 5.73 Å². The number of rotatable bonds is 9. The summed E-state index contributed by atoms with van der Waals surface area (Å²) in [6.07, 6.45) is -0.654. The molecule has 4 N–H and O–H groups in total. The summed E-state index contributed by atoms with van der Waals surface area (Å²) in [5.74, 6) is 0. The Bertz CT molecular complexity index is 2330. The monoisotopic (exact) mass is 619 g/mol. The Kier molecular flexibility index (Phi) is 8.24. The third-order valence-electron chi connectivity index (χ3n) is 9.38. The summed E-state index contributed by atoms with van der Waals surface area (Å²) in [5, 5.41) is 15.1. The van der Waals surface area contributed by atoms with E-state index in [2.05, 4.69) is 168 Å². The highest BCUT2D eigenvalue weighted by molar-refractivity contribution is 6.15. The standard InChI is InChI=1S/C45H37N3/c46-44(34-19-8-3-9-20-34)48-45(43-40-23-13-11-21-36(40)28-37-26-24-33-18-10-12-22-39(33)42(37)43)47-30-38-27-25-35(31-14-4-1-5-15-31)29-41(38)32-16-6-2-7-17-32/h1-29,44-45,47-48H,30,46H2. The smallest absolute Gasteiger partial charge is 0.0864 e. The van der Waals surface area contributed by atoms with E-state index in [1.807, 2.05) is 18.2 Å². The van der Waals surface area contributed by atoms with E-state index in [4.69, 9.17) is 5.73 Å². The molecule has 3 nitrogen and oxygen atoms in total. The van der Waals surface area contributed by atoms with Crippen LogP contribution in [0.25, 0.3) is 54.6 Å². The Balaban J connectivity index is 1.28. The second kappa shape index (κ2) is 13.3. The summed E-state index contributed by atoms with van der Waals surface area (Å²) in [6.45, 7) is 0.633. The van der Waals surface area contributed by atoms with Crippen molar-refractivity contribution in [1.82, 2.24) is 10.6 Å². The quantitative estimate of drug-likeness (QED) is 0.0856. The Morgan fingerprint density at radius 2 is 1.08 bits per heavy atom. The first kappa shape index (κ1) is 29.8. The van der Waals surface area contributed by atoms with Crippen LogP contribution in [0.4, 0.5) is 0 Å². The highest BCUT2D eigenvalue weighted by Crippen LogP contribution is 2.38. The predicted molar refractivity (Wildman–Crippen MR) is 202 cm³/mol. The maximum atomic E-state index is 6.96. The predicted octanol–water partition coefficient (Wildman–Crippen LogP) is 10.5. The molecule has 0 fully saturated rings. The molecule has 0 heterocycles. The fourth-order valence-electron chi connectivity index (χ4n) is 7.00. The normalized spacial score (nSPS) is 12.8. The summed E-state index contributed by atoms with van der Waals surface area (Å²) < 4.78 is 0. The van der Waals surface area contributed by atoms with Gasteiger partial charge < -0.3 is 5.73 Å². The zero-order valence-electron chi connectivity index (χ0n) is 26.7. The van der Waals surface area contributed by atoms with E-state index >= 15 is 0 Å². The van der Waals surface area contributed by atoms with Crippen LogP contribution in [0.5, 0.6) is 0 Å². The molecule has 0 spiro atoms. The van der Waals surface area contributed by atoms with E-state index < -0.39 is 0 Å². The molecule has 2 unspecified atom stereocenters. The first-order chi connectivity index (χ1) is 23.7. The van der Waals surface area contributed by atoms with Crippen LogP contribution >= 0.6 is 0 Å². The fourth-order valence-corrected chi connectivity index (χ4v) is 7.00. The molecule has 0 aromatic heterocycles. The Morgan fingerprint density at radius 1 is 0.479 bits per heavy atom. The van der Waals surface area contributed by atoms with Crippen molar-refractivity contribution >= 4 is 32.3 Å². The SMILES string of the molecule is NC(NC(NCc1ccc(-c2ccccc2)cc1-c1ccccc1)c1c2ccccc2cc2ccc3ccccc3c12)c1ccccc1. The maximum absolute atomic E-state index is 6.96. The number of nitrogens with one attached hydrogen (secondary N) is 2. The van der Waals surface area contributed by atoms with Gasteiger partial charge in [0.1, 0.15) is 0 Å². The highest BCUT2D eigenvalue weighted by atomic mass is 15.2. The van der Waals surface area contributed by atoms with Gasteiger partial charge in [-0.2, -0.15) is 0 Å². The second-order valence-corrected chi connectivity index (χ2v) is 12.4. The van der Waals surface area contributed by atoms with Crippen molar-refractivity contribution in [3.05, 3.63) is 193 Å². The molecule has 0 bridgehead atoms. The van der Waals surface area contributed by atoms with Crippen molar-refractivity contribution < 1.29 is 0 Å². The lowest BCUT2D eigenvalue weighted by molar-refractivity contribution is 0.390.